The number of rotatable bonds is 8. The SMILES string of the molecule is CCCNC(CSCCC)c1ccc(F)c(C(F)(F)F)c1. The molecule has 0 heterocycles. The molecule has 1 N–H and O–H groups in total. The average Bonchev–Trinajstić information content (AvgIpc) is 2.42. The first-order chi connectivity index (χ1) is 9.90. The smallest absolute Gasteiger partial charge is 0.309 e. The van der Waals surface area contributed by atoms with Crippen LogP contribution in [0.1, 0.15) is 43.9 Å². The lowest BCUT2D eigenvalue weighted by Crippen LogP contribution is -2.25. The molecule has 120 valence electrons. The van der Waals surface area contributed by atoms with E-state index < -0.39 is 17.6 Å². The summed E-state index contributed by atoms with van der Waals surface area (Å²) in [6.07, 6.45) is -2.75. The van der Waals surface area contributed by atoms with Gasteiger partial charge in [0.25, 0.3) is 0 Å². The van der Waals surface area contributed by atoms with E-state index in [1.807, 2.05) is 6.92 Å². The normalized spacial score (nSPS) is 13.4. The van der Waals surface area contributed by atoms with Crippen LogP contribution in [-0.4, -0.2) is 18.1 Å². The van der Waals surface area contributed by atoms with Gasteiger partial charge in [-0.25, -0.2) is 4.39 Å². The summed E-state index contributed by atoms with van der Waals surface area (Å²) in [4.78, 5) is 0. The van der Waals surface area contributed by atoms with Gasteiger partial charge < -0.3 is 5.32 Å². The molecule has 0 aliphatic carbocycles. The van der Waals surface area contributed by atoms with E-state index in [1.165, 1.54) is 6.07 Å². The number of alkyl halides is 3. The van der Waals surface area contributed by atoms with E-state index in [9.17, 15) is 17.6 Å². The molecular weight excluding hydrogens is 302 g/mol. The van der Waals surface area contributed by atoms with Gasteiger partial charge in [-0.05, 0) is 42.8 Å². The summed E-state index contributed by atoms with van der Waals surface area (Å²) < 4.78 is 51.7. The molecule has 1 aromatic rings. The Hall–Kier alpha value is -0.750. The minimum Gasteiger partial charge on any atom is -0.309 e. The topological polar surface area (TPSA) is 12.0 Å². The summed E-state index contributed by atoms with van der Waals surface area (Å²) in [6, 6.07) is 3.08. The number of hydrogen-bond donors (Lipinski definition) is 1. The highest BCUT2D eigenvalue weighted by Crippen LogP contribution is 2.33. The maximum atomic E-state index is 13.3. The fourth-order valence-corrected chi connectivity index (χ4v) is 2.92. The molecule has 0 aliphatic rings. The Morgan fingerprint density at radius 2 is 1.90 bits per heavy atom. The molecule has 21 heavy (non-hydrogen) atoms. The highest BCUT2D eigenvalue weighted by atomic mass is 32.2. The van der Waals surface area contributed by atoms with E-state index in [-0.39, 0.29) is 6.04 Å². The number of halogens is 4. The van der Waals surface area contributed by atoms with E-state index >= 15 is 0 Å². The van der Waals surface area contributed by atoms with Crippen LogP contribution < -0.4 is 5.32 Å². The Bertz CT molecular complexity index is 434. The molecule has 0 bridgehead atoms. The number of thioether (sulfide) groups is 1. The maximum absolute atomic E-state index is 13.3. The van der Waals surface area contributed by atoms with Gasteiger partial charge in [0.2, 0.25) is 0 Å². The zero-order valence-corrected chi connectivity index (χ0v) is 13.1. The van der Waals surface area contributed by atoms with Crippen LogP contribution >= 0.6 is 11.8 Å². The Labute approximate surface area is 127 Å². The van der Waals surface area contributed by atoms with Crippen LogP contribution in [-0.2, 0) is 6.18 Å². The van der Waals surface area contributed by atoms with Gasteiger partial charge in [-0.1, -0.05) is 19.9 Å². The van der Waals surface area contributed by atoms with Gasteiger partial charge in [0.05, 0.1) is 5.56 Å². The molecule has 0 spiro atoms. The van der Waals surface area contributed by atoms with Crippen LogP contribution in [0.25, 0.3) is 0 Å². The van der Waals surface area contributed by atoms with E-state index in [2.05, 4.69) is 12.2 Å². The summed E-state index contributed by atoms with van der Waals surface area (Å²) in [7, 11) is 0. The summed E-state index contributed by atoms with van der Waals surface area (Å²) in [6.45, 7) is 4.77. The predicted octanol–water partition coefficient (Wildman–Crippen LogP) is 5.03. The molecule has 1 unspecified atom stereocenters. The minimum absolute atomic E-state index is 0.191. The molecule has 1 rings (SSSR count). The van der Waals surface area contributed by atoms with Crippen LogP contribution in [0.3, 0.4) is 0 Å². The van der Waals surface area contributed by atoms with Gasteiger partial charge in [-0.3, -0.25) is 0 Å². The molecule has 1 nitrogen and oxygen atoms in total. The van der Waals surface area contributed by atoms with Gasteiger partial charge in [-0.15, -0.1) is 0 Å². The van der Waals surface area contributed by atoms with Crippen molar-refractivity contribution in [3.8, 4) is 0 Å². The van der Waals surface area contributed by atoms with Crippen molar-refractivity contribution in [2.45, 2.75) is 38.9 Å². The predicted molar refractivity (Wildman–Crippen MR) is 80.1 cm³/mol. The van der Waals surface area contributed by atoms with Crippen LogP contribution in [0.2, 0.25) is 0 Å². The van der Waals surface area contributed by atoms with E-state index in [0.29, 0.717) is 11.3 Å². The van der Waals surface area contributed by atoms with Crippen molar-refractivity contribution in [1.29, 1.82) is 0 Å². The first-order valence-electron chi connectivity index (χ1n) is 7.07. The molecule has 0 fully saturated rings. The number of benzene rings is 1. The monoisotopic (exact) mass is 323 g/mol. The van der Waals surface area contributed by atoms with E-state index in [1.54, 1.807) is 11.8 Å². The third kappa shape index (κ3) is 5.87. The molecular formula is C15H21F4NS. The fraction of sp³-hybridized carbons (Fsp3) is 0.600. The third-order valence-corrected chi connectivity index (χ3v) is 4.24. The minimum atomic E-state index is -4.66. The van der Waals surface area contributed by atoms with Gasteiger partial charge in [0, 0.05) is 11.8 Å². The van der Waals surface area contributed by atoms with Crippen LogP contribution in [0.15, 0.2) is 18.2 Å². The van der Waals surface area contributed by atoms with Crippen LogP contribution in [0.5, 0.6) is 0 Å². The van der Waals surface area contributed by atoms with E-state index in [0.717, 1.165) is 37.3 Å². The quantitative estimate of drug-likeness (QED) is 0.532. The first kappa shape index (κ1) is 18.3. The molecule has 1 atom stereocenters. The molecule has 0 saturated heterocycles. The summed E-state index contributed by atoms with van der Waals surface area (Å²) in [5, 5.41) is 3.23. The van der Waals surface area contributed by atoms with Gasteiger partial charge in [0.1, 0.15) is 5.82 Å². The average molecular weight is 323 g/mol. The maximum Gasteiger partial charge on any atom is 0.419 e. The highest BCUT2D eigenvalue weighted by Gasteiger charge is 2.34. The van der Waals surface area contributed by atoms with Crippen molar-refractivity contribution in [2.24, 2.45) is 0 Å². The van der Waals surface area contributed by atoms with E-state index in [4.69, 9.17) is 0 Å². The van der Waals surface area contributed by atoms with Crippen molar-refractivity contribution in [2.75, 3.05) is 18.1 Å². The van der Waals surface area contributed by atoms with Crippen LogP contribution in [0.4, 0.5) is 17.6 Å². The Morgan fingerprint density at radius 1 is 1.19 bits per heavy atom. The second-order valence-electron chi connectivity index (χ2n) is 4.82. The zero-order valence-electron chi connectivity index (χ0n) is 12.3. The lowest BCUT2D eigenvalue weighted by Gasteiger charge is -2.20. The molecule has 6 heteroatoms. The summed E-state index contributed by atoms with van der Waals surface area (Å²) >= 11 is 1.69. The first-order valence-corrected chi connectivity index (χ1v) is 8.23. The third-order valence-electron chi connectivity index (χ3n) is 2.97. The highest BCUT2D eigenvalue weighted by molar-refractivity contribution is 7.99. The van der Waals surface area contributed by atoms with Crippen molar-refractivity contribution in [3.63, 3.8) is 0 Å². The van der Waals surface area contributed by atoms with Crippen molar-refractivity contribution >= 4 is 11.8 Å². The standard InChI is InChI=1S/C15H21F4NS/c1-3-7-20-14(10-21-8-4-2)11-5-6-13(16)12(9-11)15(17,18)19/h5-6,9,14,20H,3-4,7-8,10H2,1-2H3. The summed E-state index contributed by atoms with van der Waals surface area (Å²) in [5.41, 5.74) is -0.704. The van der Waals surface area contributed by atoms with Crippen LogP contribution in [0, 0.1) is 5.82 Å². The zero-order chi connectivity index (χ0) is 15.9. The molecule has 0 amide bonds. The lowest BCUT2D eigenvalue weighted by atomic mass is 10.0. The summed E-state index contributed by atoms with van der Waals surface area (Å²) in [5.74, 6) is 0.413. The fourth-order valence-electron chi connectivity index (χ4n) is 1.91. The molecule has 0 saturated carbocycles. The van der Waals surface area contributed by atoms with Gasteiger partial charge in [-0.2, -0.15) is 24.9 Å². The second-order valence-corrected chi connectivity index (χ2v) is 5.97. The Balaban J connectivity index is 2.95. The van der Waals surface area contributed by atoms with Crippen molar-refractivity contribution in [3.05, 3.63) is 35.1 Å². The Morgan fingerprint density at radius 3 is 2.48 bits per heavy atom. The molecule has 0 aromatic heterocycles. The lowest BCUT2D eigenvalue weighted by molar-refractivity contribution is -0.140. The number of hydrogen-bond acceptors (Lipinski definition) is 2. The second kappa shape index (κ2) is 8.63. The van der Waals surface area contributed by atoms with Crippen molar-refractivity contribution in [1.82, 2.24) is 5.32 Å². The number of nitrogens with one attached hydrogen (secondary N) is 1. The molecule has 1 aromatic carbocycles. The Kier molecular flexibility index (Phi) is 7.52. The molecule has 0 aliphatic heterocycles. The molecule has 0 radical (unpaired) electrons. The largest absolute Gasteiger partial charge is 0.419 e. The van der Waals surface area contributed by atoms with Crippen molar-refractivity contribution < 1.29 is 17.6 Å². The van der Waals surface area contributed by atoms with Gasteiger partial charge >= 0.3 is 6.18 Å². The van der Waals surface area contributed by atoms with Gasteiger partial charge in [0.15, 0.2) is 0 Å².